The molecule has 0 fully saturated rings. The summed E-state index contributed by atoms with van der Waals surface area (Å²) in [6.07, 6.45) is 0.949. The Morgan fingerprint density at radius 2 is 1.89 bits per heavy atom. The maximum absolute atomic E-state index is 12.6. The van der Waals surface area contributed by atoms with E-state index in [0.29, 0.717) is 17.4 Å². The topological polar surface area (TPSA) is 92.9 Å². The van der Waals surface area contributed by atoms with Gasteiger partial charge in [-0.25, -0.2) is 0 Å². The number of thioether (sulfide) groups is 1. The number of carbonyl (C=O) groups is 1. The van der Waals surface area contributed by atoms with Crippen LogP contribution in [0.3, 0.4) is 0 Å². The van der Waals surface area contributed by atoms with E-state index in [1.807, 2.05) is 25.1 Å². The number of benzene rings is 2. The summed E-state index contributed by atoms with van der Waals surface area (Å²) in [6, 6.07) is 16.8. The SMILES string of the molecule is CC[C@@H](CNC(=O)[C@@H](C)Sc1nnnn1-c1ccc(O)cc1)c1ccccc1. The fraction of sp³-hybridized carbons (Fsp3) is 0.300. The number of nitrogens with zero attached hydrogens (tertiary/aromatic N) is 4. The molecule has 146 valence electrons. The van der Waals surface area contributed by atoms with E-state index in [9.17, 15) is 9.90 Å². The minimum absolute atomic E-state index is 0.0559. The van der Waals surface area contributed by atoms with Crippen LogP contribution in [0.1, 0.15) is 31.7 Å². The van der Waals surface area contributed by atoms with Crippen LogP contribution < -0.4 is 5.32 Å². The first-order valence-corrected chi connectivity index (χ1v) is 10.0. The van der Waals surface area contributed by atoms with Gasteiger partial charge < -0.3 is 10.4 Å². The second kappa shape index (κ2) is 9.36. The van der Waals surface area contributed by atoms with Crippen molar-refractivity contribution in [1.82, 2.24) is 25.5 Å². The molecule has 2 aromatic carbocycles. The van der Waals surface area contributed by atoms with Crippen molar-refractivity contribution in [2.45, 2.75) is 36.6 Å². The Balaban J connectivity index is 1.60. The van der Waals surface area contributed by atoms with Gasteiger partial charge in [-0.1, -0.05) is 49.0 Å². The van der Waals surface area contributed by atoms with Crippen LogP contribution in [-0.4, -0.2) is 43.0 Å². The van der Waals surface area contributed by atoms with E-state index in [-0.39, 0.29) is 22.8 Å². The fourth-order valence-corrected chi connectivity index (χ4v) is 3.64. The number of carbonyl (C=O) groups excluding carboxylic acids is 1. The molecule has 28 heavy (non-hydrogen) atoms. The average molecular weight is 398 g/mol. The maximum Gasteiger partial charge on any atom is 0.233 e. The normalized spacial score (nSPS) is 13.1. The molecule has 1 aromatic heterocycles. The molecule has 7 nitrogen and oxygen atoms in total. The zero-order chi connectivity index (χ0) is 19.9. The molecule has 3 aromatic rings. The number of nitrogens with one attached hydrogen (secondary N) is 1. The van der Waals surface area contributed by atoms with Crippen molar-refractivity contribution in [2.24, 2.45) is 0 Å². The van der Waals surface area contributed by atoms with Gasteiger partial charge in [-0.05, 0) is 53.6 Å². The zero-order valence-electron chi connectivity index (χ0n) is 15.8. The molecule has 0 saturated heterocycles. The highest BCUT2D eigenvalue weighted by Gasteiger charge is 2.20. The number of tetrazole rings is 1. The van der Waals surface area contributed by atoms with Gasteiger partial charge in [-0.2, -0.15) is 4.68 Å². The molecule has 0 aliphatic heterocycles. The lowest BCUT2D eigenvalue weighted by molar-refractivity contribution is -0.120. The highest BCUT2D eigenvalue weighted by molar-refractivity contribution is 8.00. The lowest BCUT2D eigenvalue weighted by Crippen LogP contribution is -2.34. The second-order valence-corrected chi connectivity index (χ2v) is 7.72. The molecule has 0 unspecified atom stereocenters. The third-order valence-electron chi connectivity index (χ3n) is 4.47. The van der Waals surface area contributed by atoms with Crippen molar-refractivity contribution in [1.29, 1.82) is 0 Å². The van der Waals surface area contributed by atoms with Crippen LogP contribution in [0.5, 0.6) is 5.75 Å². The van der Waals surface area contributed by atoms with Crippen molar-refractivity contribution in [3.8, 4) is 11.4 Å². The van der Waals surface area contributed by atoms with Gasteiger partial charge >= 0.3 is 0 Å². The Labute approximate surface area is 168 Å². The first-order valence-electron chi connectivity index (χ1n) is 9.15. The van der Waals surface area contributed by atoms with Gasteiger partial charge in [0.2, 0.25) is 11.1 Å². The molecule has 3 rings (SSSR count). The number of phenolic OH excluding ortho intramolecular Hbond substituents is 1. The average Bonchev–Trinajstić information content (AvgIpc) is 3.17. The van der Waals surface area contributed by atoms with E-state index in [1.54, 1.807) is 28.9 Å². The van der Waals surface area contributed by atoms with Crippen LogP contribution in [0.25, 0.3) is 5.69 Å². The number of hydrogen-bond donors (Lipinski definition) is 2. The number of phenols is 1. The summed E-state index contributed by atoms with van der Waals surface area (Å²) in [5.74, 6) is 0.395. The van der Waals surface area contributed by atoms with Crippen LogP contribution >= 0.6 is 11.8 Å². The first kappa shape index (κ1) is 19.9. The third kappa shape index (κ3) is 4.89. The van der Waals surface area contributed by atoms with Gasteiger partial charge in [-0.3, -0.25) is 4.79 Å². The minimum atomic E-state index is -0.352. The molecule has 2 N–H and O–H groups in total. The number of rotatable bonds is 8. The van der Waals surface area contributed by atoms with Crippen LogP contribution in [0.15, 0.2) is 59.8 Å². The number of hydrogen-bond acceptors (Lipinski definition) is 6. The van der Waals surface area contributed by atoms with Crippen molar-refractivity contribution in [3.05, 3.63) is 60.2 Å². The third-order valence-corrected chi connectivity index (χ3v) is 5.51. The summed E-state index contributed by atoms with van der Waals surface area (Å²) in [5.41, 5.74) is 1.94. The summed E-state index contributed by atoms with van der Waals surface area (Å²) in [7, 11) is 0. The van der Waals surface area contributed by atoms with Crippen molar-refractivity contribution in [3.63, 3.8) is 0 Å². The van der Waals surface area contributed by atoms with Gasteiger partial charge in [0.15, 0.2) is 0 Å². The van der Waals surface area contributed by atoms with E-state index in [1.165, 1.54) is 17.3 Å². The Kier molecular flexibility index (Phi) is 6.65. The molecule has 0 saturated carbocycles. The largest absolute Gasteiger partial charge is 0.508 e. The van der Waals surface area contributed by atoms with Crippen LogP contribution in [0, 0.1) is 0 Å². The molecule has 0 aliphatic rings. The smallest absolute Gasteiger partial charge is 0.233 e. The molecule has 0 radical (unpaired) electrons. The van der Waals surface area contributed by atoms with Gasteiger partial charge in [0.25, 0.3) is 0 Å². The van der Waals surface area contributed by atoms with E-state index in [2.05, 4.69) is 39.9 Å². The molecule has 1 amide bonds. The van der Waals surface area contributed by atoms with Crippen molar-refractivity contribution < 1.29 is 9.90 Å². The van der Waals surface area contributed by atoms with Gasteiger partial charge in [-0.15, -0.1) is 5.10 Å². The molecular weight excluding hydrogens is 374 g/mol. The first-order chi connectivity index (χ1) is 13.6. The summed E-state index contributed by atoms with van der Waals surface area (Å²) in [5, 5.41) is 24.3. The van der Waals surface area contributed by atoms with Crippen LogP contribution in [0.4, 0.5) is 0 Å². The highest BCUT2D eigenvalue weighted by Crippen LogP contribution is 2.24. The monoisotopic (exact) mass is 397 g/mol. The Morgan fingerprint density at radius 1 is 1.18 bits per heavy atom. The molecule has 0 spiro atoms. The summed E-state index contributed by atoms with van der Waals surface area (Å²) >= 11 is 1.29. The Bertz CT molecular complexity index is 898. The quantitative estimate of drug-likeness (QED) is 0.567. The Hall–Kier alpha value is -2.87. The Morgan fingerprint density at radius 3 is 2.57 bits per heavy atom. The van der Waals surface area contributed by atoms with Gasteiger partial charge in [0.1, 0.15) is 5.75 Å². The van der Waals surface area contributed by atoms with Gasteiger partial charge in [0, 0.05) is 12.5 Å². The molecule has 8 heteroatoms. The van der Waals surface area contributed by atoms with Gasteiger partial charge in [0.05, 0.1) is 10.9 Å². The predicted molar refractivity (Wildman–Crippen MR) is 109 cm³/mol. The zero-order valence-corrected chi connectivity index (χ0v) is 16.6. The molecule has 1 heterocycles. The number of aromatic hydroxyl groups is 1. The van der Waals surface area contributed by atoms with E-state index >= 15 is 0 Å². The highest BCUT2D eigenvalue weighted by atomic mass is 32.2. The van der Waals surface area contributed by atoms with Crippen LogP contribution in [0.2, 0.25) is 0 Å². The summed E-state index contributed by atoms with van der Waals surface area (Å²) in [4.78, 5) is 12.6. The van der Waals surface area contributed by atoms with Crippen LogP contribution in [-0.2, 0) is 4.79 Å². The molecule has 0 aliphatic carbocycles. The van der Waals surface area contributed by atoms with E-state index < -0.39 is 0 Å². The molecule has 2 atom stereocenters. The predicted octanol–water partition coefficient (Wildman–Crippen LogP) is 3.16. The molecule has 0 bridgehead atoms. The van der Waals surface area contributed by atoms with Crippen molar-refractivity contribution in [2.75, 3.05) is 6.54 Å². The fourth-order valence-electron chi connectivity index (χ4n) is 2.81. The standard InChI is InChI=1S/C20H23N5O2S/c1-3-15(16-7-5-4-6-8-16)13-21-19(27)14(2)28-20-22-23-24-25(20)17-9-11-18(26)12-10-17/h4-12,14-15,26H,3,13H2,1-2H3,(H,21,27)/t14-,15+/m1/s1. The second-order valence-electron chi connectivity index (χ2n) is 6.41. The number of aromatic nitrogens is 4. The lowest BCUT2D eigenvalue weighted by Gasteiger charge is -2.18. The molecular formula is C20H23N5O2S. The lowest BCUT2D eigenvalue weighted by atomic mass is 9.96. The van der Waals surface area contributed by atoms with E-state index in [0.717, 1.165) is 6.42 Å². The summed E-state index contributed by atoms with van der Waals surface area (Å²) in [6.45, 7) is 4.54. The number of amides is 1. The minimum Gasteiger partial charge on any atom is -0.508 e. The van der Waals surface area contributed by atoms with Crippen molar-refractivity contribution >= 4 is 17.7 Å². The van der Waals surface area contributed by atoms with E-state index in [4.69, 9.17) is 0 Å². The maximum atomic E-state index is 12.6. The summed E-state index contributed by atoms with van der Waals surface area (Å²) < 4.78 is 1.55.